The molecular weight excluding hydrogens is 150 g/mol. The molecule has 0 aromatic heterocycles. The van der Waals surface area contributed by atoms with Crippen LogP contribution in [0.15, 0.2) is 12.2 Å². The van der Waals surface area contributed by atoms with Crippen LogP contribution in [0.1, 0.15) is 26.2 Å². The molecule has 0 saturated carbocycles. The molecule has 0 aromatic rings. The number of unbranched alkanes of at least 4 members (excludes halogenated alkanes) is 1. The van der Waals surface area contributed by atoms with E-state index in [4.69, 9.17) is 0 Å². The van der Waals surface area contributed by atoms with E-state index in [9.17, 15) is 4.79 Å². The van der Waals surface area contributed by atoms with Crippen LogP contribution in [0.2, 0.25) is 0 Å². The zero-order valence-electron chi connectivity index (χ0n) is 8.34. The van der Waals surface area contributed by atoms with Crippen LogP contribution in [0.5, 0.6) is 0 Å². The molecule has 0 rings (SSSR count). The summed E-state index contributed by atoms with van der Waals surface area (Å²) in [7, 11) is 3.82. The predicted molar refractivity (Wildman–Crippen MR) is 52.2 cm³/mol. The number of Topliss-reactive ketones (excluding diaryl/α,β-unsaturated/α-hetero) is 1. The summed E-state index contributed by atoms with van der Waals surface area (Å²) in [6.07, 6.45) is 6.86. The second-order valence-corrected chi connectivity index (χ2v) is 3.24. The molecule has 0 aliphatic carbocycles. The predicted octanol–water partition coefficient (Wildman–Crippen LogP) is 1.86. The third kappa shape index (κ3) is 7.48. The zero-order chi connectivity index (χ0) is 9.40. The van der Waals surface area contributed by atoms with Gasteiger partial charge in [-0.3, -0.25) is 4.79 Å². The number of likely N-dealkylation sites (N-methyl/N-ethyl adjacent to an activating group) is 1. The lowest BCUT2D eigenvalue weighted by atomic mass is 10.2. The summed E-state index contributed by atoms with van der Waals surface area (Å²) in [6.45, 7) is 2.68. The molecular formula is C10H19NO. The number of hydrogen-bond donors (Lipinski definition) is 0. The summed E-state index contributed by atoms with van der Waals surface area (Å²) in [4.78, 5) is 13.0. The van der Waals surface area contributed by atoms with Gasteiger partial charge in [0.05, 0.1) is 6.54 Å². The van der Waals surface area contributed by atoms with Crippen LogP contribution in [0.25, 0.3) is 0 Å². The second kappa shape index (κ2) is 7.04. The summed E-state index contributed by atoms with van der Waals surface area (Å²) in [5.41, 5.74) is 0. The molecule has 0 saturated heterocycles. The van der Waals surface area contributed by atoms with Crippen molar-refractivity contribution < 1.29 is 4.79 Å². The number of nitrogens with zero attached hydrogens (tertiary/aromatic N) is 1. The van der Waals surface area contributed by atoms with Crippen LogP contribution in [0.4, 0.5) is 0 Å². The van der Waals surface area contributed by atoms with E-state index in [1.807, 2.05) is 25.1 Å². The lowest BCUT2D eigenvalue weighted by molar-refractivity contribution is -0.118. The van der Waals surface area contributed by atoms with Gasteiger partial charge in [-0.25, -0.2) is 0 Å². The van der Waals surface area contributed by atoms with Crippen LogP contribution in [0.3, 0.4) is 0 Å². The van der Waals surface area contributed by atoms with Gasteiger partial charge < -0.3 is 4.90 Å². The monoisotopic (exact) mass is 169 g/mol. The fraction of sp³-hybridized carbons (Fsp3) is 0.700. The number of carbonyl (C=O) groups is 1. The van der Waals surface area contributed by atoms with Gasteiger partial charge in [-0.15, -0.1) is 0 Å². The number of hydrogen-bond acceptors (Lipinski definition) is 2. The largest absolute Gasteiger partial charge is 0.302 e. The van der Waals surface area contributed by atoms with Gasteiger partial charge >= 0.3 is 0 Å². The first-order valence-electron chi connectivity index (χ1n) is 4.48. The first kappa shape index (κ1) is 11.4. The highest BCUT2D eigenvalue weighted by molar-refractivity contribution is 5.81. The summed E-state index contributed by atoms with van der Waals surface area (Å²) in [5.74, 6) is 0.285. The van der Waals surface area contributed by atoms with Crippen molar-refractivity contribution in [2.24, 2.45) is 0 Å². The number of ketones is 1. The quantitative estimate of drug-likeness (QED) is 0.566. The maximum atomic E-state index is 11.1. The summed E-state index contributed by atoms with van der Waals surface area (Å²) in [6, 6.07) is 0. The van der Waals surface area contributed by atoms with Crippen molar-refractivity contribution in [2.75, 3.05) is 20.6 Å². The van der Waals surface area contributed by atoms with E-state index in [0.717, 1.165) is 12.8 Å². The maximum Gasteiger partial charge on any atom is 0.150 e. The molecule has 70 valence electrons. The average Bonchev–Trinajstić information content (AvgIpc) is 1.97. The highest BCUT2D eigenvalue weighted by Crippen LogP contribution is 1.92. The van der Waals surface area contributed by atoms with Gasteiger partial charge in [0.2, 0.25) is 0 Å². The van der Waals surface area contributed by atoms with Gasteiger partial charge in [-0.2, -0.15) is 0 Å². The highest BCUT2D eigenvalue weighted by atomic mass is 16.1. The van der Waals surface area contributed by atoms with E-state index in [1.165, 1.54) is 0 Å². The average molecular weight is 169 g/mol. The molecule has 12 heavy (non-hydrogen) atoms. The van der Waals surface area contributed by atoms with Crippen LogP contribution < -0.4 is 0 Å². The Hall–Kier alpha value is -0.630. The molecule has 0 radical (unpaired) electrons. The zero-order valence-corrected chi connectivity index (χ0v) is 8.34. The van der Waals surface area contributed by atoms with E-state index in [1.54, 1.807) is 0 Å². The fourth-order valence-electron chi connectivity index (χ4n) is 0.917. The molecule has 0 spiro atoms. The molecule has 0 aliphatic rings. The van der Waals surface area contributed by atoms with Gasteiger partial charge in [-0.05, 0) is 20.5 Å². The number of rotatable bonds is 6. The van der Waals surface area contributed by atoms with Crippen LogP contribution in [-0.2, 0) is 4.79 Å². The number of carbonyl (C=O) groups excluding carboxylic acids is 1. The molecule has 0 amide bonds. The normalized spacial score (nSPS) is 11.3. The topological polar surface area (TPSA) is 20.3 Å². The molecule has 0 unspecified atom stereocenters. The summed E-state index contributed by atoms with van der Waals surface area (Å²) >= 11 is 0. The summed E-state index contributed by atoms with van der Waals surface area (Å²) in [5, 5.41) is 0. The molecule has 0 atom stereocenters. The van der Waals surface area contributed by atoms with Crippen molar-refractivity contribution >= 4 is 5.78 Å². The third-order valence-electron chi connectivity index (χ3n) is 1.46. The van der Waals surface area contributed by atoms with Crippen molar-refractivity contribution in [2.45, 2.75) is 26.2 Å². The van der Waals surface area contributed by atoms with Crippen LogP contribution in [-0.4, -0.2) is 31.3 Å². The minimum absolute atomic E-state index is 0.285. The van der Waals surface area contributed by atoms with E-state index < -0.39 is 0 Å². The van der Waals surface area contributed by atoms with Crippen molar-refractivity contribution in [3.8, 4) is 0 Å². The Morgan fingerprint density at radius 2 is 2.00 bits per heavy atom. The van der Waals surface area contributed by atoms with E-state index in [0.29, 0.717) is 13.0 Å². The molecule has 0 aromatic carbocycles. The number of allylic oxidation sites excluding steroid dienone is 2. The smallest absolute Gasteiger partial charge is 0.150 e. The first-order chi connectivity index (χ1) is 5.66. The third-order valence-corrected chi connectivity index (χ3v) is 1.46. The van der Waals surface area contributed by atoms with Crippen LogP contribution >= 0.6 is 0 Å². The van der Waals surface area contributed by atoms with Crippen molar-refractivity contribution in [1.29, 1.82) is 0 Å². The molecule has 2 heteroatoms. The standard InChI is InChI=1S/C10H19NO/c1-4-5-6-7-8-10(12)9-11(2)3/h6-7H,4-5,8-9H2,1-3H3/b7-6+. The maximum absolute atomic E-state index is 11.1. The molecule has 0 bridgehead atoms. The molecule has 0 aliphatic heterocycles. The van der Waals surface area contributed by atoms with Gasteiger partial charge in [0, 0.05) is 6.42 Å². The van der Waals surface area contributed by atoms with Gasteiger partial charge in [0.1, 0.15) is 0 Å². The lowest BCUT2D eigenvalue weighted by Crippen LogP contribution is -2.20. The molecule has 0 heterocycles. The van der Waals surface area contributed by atoms with E-state index >= 15 is 0 Å². The van der Waals surface area contributed by atoms with Gasteiger partial charge in [0.25, 0.3) is 0 Å². The molecule has 0 N–H and O–H groups in total. The Morgan fingerprint density at radius 1 is 1.33 bits per heavy atom. The minimum Gasteiger partial charge on any atom is -0.302 e. The molecule has 2 nitrogen and oxygen atoms in total. The Labute approximate surface area is 75.3 Å². The van der Waals surface area contributed by atoms with E-state index in [2.05, 4.69) is 13.0 Å². The highest BCUT2D eigenvalue weighted by Gasteiger charge is 1.99. The summed E-state index contributed by atoms with van der Waals surface area (Å²) < 4.78 is 0. The lowest BCUT2D eigenvalue weighted by Gasteiger charge is -2.05. The van der Waals surface area contributed by atoms with Crippen molar-refractivity contribution in [3.05, 3.63) is 12.2 Å². The fourth-order valence-corrected chi connectivity index (χ4v) is 0.917. The molecule has 0 fully saturated rings. The second-order valence-electron chi connectivity index (χ2n) is 3.24. The Kier molecular flexibility index (Phi) is 6.67. The van der Waals surface area contributed by atoms with Crippen molar-refractivity contribution in [1.82, 2.24) is 4.90 Å². The Balaban J connectivity index is 3.43. The SMILES string of the molecule is CCC/C=C/CC(=O)CN(C)C. The van der Waals surface area contributed by atoms with Gasteiger partial charge in [-0.1, -0.05) is 25.5 Å². The van der Waals surface area contributed by atoms with Crippen molar-refractivity contribution in [3.63, 3.8) is 0 Å². The Bertz CT molecular complexity index is 150. The van der Waals surface area contributed by atoms with Crippen LogP contribution in [0, 0.1) is 0 Å². The minimum atomic E-state index is 0.285. The Morgan fingerprint density at radius 3 is 2.50 bits per heavy atom. The van der Waals surface area contributed by atoms with E-state index in [-0.39, 0.29) is 5.78 Å². The van der Waals surface area contributed by atoms with Gasteiger partial charge in [0.15, 0.2) is 5.78 Å². The first-order valence-corrected chi connectivity index (χ1v) is 4.48.